The summed E-state index contributed by atoms with van der Waals surface area (Å²) < 4.78 is 7.49. The molecule has 0 fully saturated rings. The second-order valence-corrected chi connectivity index (χ2v) is 7.78. The van der Waals surface area contributed by atoms with Gasteiger partial charge in [0.2, 0.25) is 0 Å². The number of nitrogens with one attached hydrogen (secondary N) is 1. The first-order valence-corrected chi connectivity index (χ1v) is 10.2. The van der Waals surface area contributed by atoms with E-state index in [1.165, 1.54) is 11.3 Å². The number of hydrogen-bond acceptors (Lipinski definition) is 4. The molecule has 0 radical (unpaired) electrons. The van der Waals surface area contributed by atoms with Crippen molar-refractivity contribution in [3.8, 4) is 5.75 Å². The lowest BCUT2D eigenvalue weighted by Gasteiger charge is -2.07. The van der Waals surface area contributed by atoms with Gasteiger partial charge in [0.25, 0.3) is 5.91 Å². The second kappa shape index (κ2) is 8.94. The maximum absolute atomic E-state index is 12.6. The van der Waals surface area contributed by atoms with Crippen molar-refractivity contribution in [2.75, 3.05) is 5.32 Å². The fourth-order valence-corrected chi connectivity index (χ4v) is 3.75. The SMILES string of the molecule is O=C(Nc1cccc(Cn2cc(Cl)cn2)c1)c1cc(COc2ccccc2)cs1. The molecule has 0 atom stereocenters. The van der Waals surface area contributed by atoms with Crippen molar-refractivity contribution >= 4 is 34.5 Å². The van der Waals surface area contributed by atoms with Gasteiger partial charge in [-0.1, -0.05) is 41.9 Å². The summed E-state index contributed by atoms with van der Waals surface area (Å²) in [6.07, 6.45) is 3.36. The molecule has 0 aliphatic heterocycles. The third kappa shape index (κ3) is 5.25. The molecule has 1 N–H and O–H groups in total. The maximum atomic E-state index is 12.6. The molecule has 0 unspecified atom stereocenters. The van der Waals surface area contributed by atoms with Crippen LogP contribution < -0.4 is 10.1 Å². The number of halogens is 1. The minimum absolute atomic E-state index is 0.139. The Morgan fingerprint density at radius 1 is 1.10 bits per heavy atom. The van der Waals surface area contributed by atoms with Gasteiger partial charge in [-0.2, -0.15) is 5.10 Å². The van der Waals surface area contributed by atoms with E-state index < -0.39 is 0 Å². The summed E-state index contributed by atoms with van der Waals surface area (Å²) in [7, 11) is 0. The number of anilines is 1. The number of hydrogen-bond donors (Lipinski definition) is 1. The maximum Gasteiger partial charge on any atom is 0.265 e. The van der Waals surface area contributed by atoms with Crippen molar-refractivity contribution in [2.45, 2.75) is 13.2 Å². The zero-order valence-corrected chi connectivity index (χ0v) is 17.0. The predicted octanol–water partition coefficient (Wildman–Crippen LogP) is 5.48. The highest BCUT2D eigenvalue weighted by Gasteiger charge is 2.10. The Kier molecular flexibility index (Phi) is 5.93. The van der Waals surface area contributed by atoms with Crippen molar-refractivity contribution in [2.24, 2.45) is 0 Å². The Labute approximate surface area is 177 Å². The number of thiophene rings is 1. The predicted molar refractivity (Wildman–Crippen MR) is 116 cm³/mol. The summed E-state index contributed by atoms with van der Waals surface area (Å²) in [5.74, 6) is 0.667. The lowest BCUT2D eigenvalue weighted by molar-refractivity contribution is 0.103. The van der Waals surface area contributed by atoms with Crippen LogP contribution in [0.4, 0.5) is 5.69 Å². The number of carbonyl (C=O) groups excluding carboxylic acids is 1. The van der Waals surface area contributed by atoms with Gasteiger partial charge in [-0.25, -0.2) is 0 Å². The zero-order chi connectivity index (χ0) is 20.1. The van der Waals surface area contributed by atoms with Gasteiger partial charge in [0.1, 0.15) is 12.4 Å². The van der Waals surface area contributed by atoms with Crippen molar-refractivity contribution in [1.29, 1.82) is 0 Å². The first-order valence-electron chi connectivity index (χ1n) is 8.99. The summed E-state index contributed by atoms with van der Waals surface area (Å²) >= 11 is 7.31. The molecule has 7 heteroatoms. The van der Waals surface area contributed by atoms with Crippen molar-refractivity contribution in [3.63, 3.8) is 0 Å². The molecule has 4 aromatic rings. The fourth-order valence-electron chi connectivity index (χ4n) is 2.81. The van der Waals surface area contributed by atoms with Crippen LogP contribution >= 0.6 is 22.9 Å². The number of ether oxygens (including phenoxy) is 1. The lowest BCUT2D eigenvalue weighted by Crippen LogP contribution is -2.10. The Hall–Kier alpha value is -3.09. The monoisotopic (exact) mass is 423 g/mol. The van der Waals surface area contributed by atoms with Crippen molar-refractivity contribution < 1.29 is 9.53 Å². The first-order chi connectivity index (χ1) is 14.2. The average molecular weight is 424 g/mol. The average Bonchev–Trinajstić information content (AvgIpc) is 3.36. The zero-order valence-electron chi connectivity index (χ0n) is 15.4. The summed E-state index contributed by atoms with van der Waals surface area (Å²) in [6.45, 7) is 1.01. The number of amides is 1. The largest absolute Gasteiger partial charge is 0.489 e. The summed E-state index contributed by atoms with van der Waals surface area (Å²) in [5, 5.41) is 9.67. The molecule has 0 bridgehead atoms. The van der Waals surface area contributed by atoms with Gasteiger partial charge in [-0.3, -0.25) is 9.48 Å². The van der Waals surface area contributed by atoms with E-state index in [0.29, 0.717) is 23.1 Å². The number of aromatic nitrogens is 2. The normalized spacial score (nSPS) is 10.7. The van der Waals surface area contributed by atoms with E-state index in [9.17, 15) is 4.79 Å². The van der Waals surface area contributed by atoms with E-state index in [1.54, 1.807) is 17.1 Å². The number of para-hydroxylation sites is 1. The van der Waals surface area contributed by atoms with Gasteiger partial charge in [0.05, 0.1) is 22.6 Å². The molecule has 29 heavy (non-hydrogen) atoms. The van der Waals surface area contributed by atoms with Crippen molar-refractivity contribution in [3.05, 3.63) is 99.5 Å². The topological polar surface area (TPSA) is 56.2 Å². The van der Waals surface area contributed by atoms with Crippen LogP contribution in [0.2, 0.25) is 5.02 Å². The van der Waals surface area contributed by atoms with Gasteiger partial charge in [-0.15, -0.1) is 11.3 Å². The van der Waals surface area contributed by atoms with Crippen LogP contribution in [0.1, 0.15) is 20.8 Å². The molecule has 2 aromatic carbocycles. The molecule has 0 spiro atoms. The van der Waals surface area contributed by atoms with Gasteiger partial charge in [-0.05, 0) is 41.3 Å². The van der Waals surface area contributed by atoms with E-state index in [-0.39, 0.29) is 5.91 Å². The van der Waals surface area contributed by atoms with Crippen LogP contribution in [0.25, 0.3) is 0 Å². The van der Waals surface area contributed by atoms with E-state index >= 15 is 0 Å². The standard InChI is InChI=1S/C22H18ClN3O2S/c23-18-11-24-26(13-18)12-16-5-4-6-19(9-16)25-22(27)21-10-17(15-29-21)14-28-20-7-2-1-3-8-20/h1-11,13,15H,12,14H2,(H,25,27). The first kappa shape index (κ1) is 19.2. The number of rotatable bonds is 7. The molecule has 2 heterocycles. The minimum Gasteiger partial charge on any atom is -0.489 e. The van der Waals surface area contributed by atoms with Crippen LogP contribution in [0, 0.1) is 0 Å². The Bertz CT molecular complexity index is 1110. The molecule has 0 saturated carbocycles. The Morgan fingerprint density at radius 2 is 1.97 bits per heavy atom. The van der Waals surface area contributed by atoms with E-state index in [2.05, 4.69) is 10.4 Å². The van der Waals surface area contributed by atoms with Crippen LogP contribution in [-0.4, -0.2) is 15.7 Å². The third-order valence-corrected chi connectivity index (χ3v) is 5.33. The molecular formula is C22H18ClN3O2S. The molecule has 0 aliphatic rings. The Balaban J connectivity index is 1.37. The third-order valence-electron chi connectivity index (χ3n) is 4.16. The smallest absolute Gasteiger partial charge is 0.265 e. The molecule has 0 aliphatic carbocycles. The second-order valence-electron chi connectivity index (χ2n) is 6.43. The van der Waals surface area contributed by atoms with E-state index in [1.807, 2.05) is 66.0 Å². The molecule has 2 aromatic heterocycles. The number of carbonyl (C=O) groups is 1. The highest BCUT2D eigenvalue weighted by atomic mass is 35.5. The molecular weight excluding hydrogens is 406 g/mol. The summed E-state index contributed by atoms with van der Waals surface area (Å²) in [5.41, 5.74) is 2.72. The lowest BCUT2D eigenvalue weighted by atomic mass is 10.2. The van der Waals surface area contributed by atoms with Gasteiger partial charge in [0, 0.05) is 17.4 Å². The molecule has 146 valence electrons. The highest BCUT2D eigenvalue weighted by molar-refractivity contribution is 7.12. The highest BCUT2D eigenvalue weighted by Crippen LogP contribution is 2.20. The van der Waals surface area contributed by atoms with Gasteiger partial charge in [0.15, 0.2) is 0 Å². The fraction of sp³-hybridized carbons (Fsp3) is 0.0909. The quantitative estimate of drug-likeness (QED) is 0.428. The Morgan fingerprint density at radius 3 is 2.76 bits per heavy atom. The van der Waals surface area contributed by atoms with Crippen LogP contribution in [0.3, 0.4) is 0 Å². The van der Waals surface area contributed by atoms with E-state index in [0.717, 1.165) is 22.6 Å². The van der Waals surface area contributed by atoms with Crippen LogP contribution in [0.5, 0.6) is 5.75 Å². The molecule has 0 saturated heterocycles. The minimum atomic E-state index is -0.139. The number of nitrogens with zero attached hydrogens (tertiary/aromatic N) is 2. The van der Waals surface area contributed by atoms with Gasteiger partial charge < -0.3 is 10.1 Å². The summed E-state index contributed by atoms with van der Waals surface area (Å²) in [6, 6.07) is 19.2. The van der Waals surface area contributed by atoms with Gasteiger partial charge >= 0.3 is 0 Å². The van der Waals surface area contributed by atoms with Crippen LogP contribution in [-0.2, 0) is 13.2 Å². The van der Waals surface area contributed by atoms with E-state index in [4.69, 9.17) is 16.3 Å². The summed E-state index contributed by atoms with van der Waals surface area (Å²) in [4.78, 5) is 13.2. The van der Waals surface area contributed by atoms with Crippen molar-refractivity contribution in [1.82, 2.24) is 9.78 Å². The number of benzene rings is 2. The molecule has 1 amide bonds. The molecule has 4 rings (SSSR count). The molecule has 5 nitrogen and oxygen atoms in total. The van der Waals surface area contributed by atoms with Crippen LogP contribution in [0.15, 0.2) is 78.4 Å².